The fourth-order valence-corrected chi connectivity index (χ4v) is 1.32. The van der Waals surface area contributed by atoms with Crippen LogP contribution in [-0.2, 0) is 9.59 Å². The van der Waals surface area contributed by atoms with Gasteiger partial charge in [0.25, 0.3) is 0 Å². The molecule has 5 nitrogen and oxygen atoms in total. The highest BCUT2D eigenvalue weighted by Crippen LogP contribution is 2.17. The summed E-state index contributed by atoms with van der Waals surface area (Å²) >= 11 is 0. The standard InChI is InChI=1S/C11H11F2NO4/c12-6-1-2-8(7(13)5-6)14-9(11(17)18)3-4-10(15)16/h1-2,5,9,14H,3-4H2,(H,15,16)(H,17,18). The molecule has 0 aliphatic heterocycles. The van der Waals surface area contributed by atoms with Crippen LogP contribution in [0.15, 0.2) is 18.2 Å². The molecule has 1 rings (SSSR count). The molecule has 0 amide bonds. The minimum Gasteiger partial charge on any atom is -0.481 e. The van der Waals surface area contributed by atoms with Gasteiger partial charge < -0.3 is 15.5 Å². The topological polar surface area (TPSA) is 86.6 Å². The van der Waals surface area contributed by atoms with E-state index in [1.54, 1.807) is 0 Å². The van der Waals surface area contributed by atoms with Crippen molar-refractivity contribution in [1.82, 2.24) is 0 Å². The first-order chi connectivity index (χ1) is 8.40. The van der Waals surface area contributed by atoms with E-state index in [4.69, 9.17) is 10.2 Å². The maximum absolute atomic E-state index is 13.3. The van der Waals surface area contributed by atoms with Crippen molar-refractivity contribution < 1.29 is 28.6 Å². The van der Waals surface area contributed by atoms with Crippen molar-refractivity contribution in [2.24, 2.45) is 0 Å². The van der Waals surface area contributed by atoms with Crippen molar-refractivity contribution in [3.63, 3.8) is 0 Å². The largest absolute Gasteiger partial charge is 0.481 e. The van der Waals surface area contributed by atoms with Crippen molar-refractivity contribution in [1.29, 1.82) is 0 Å². The Labute approximate surface area is 101 Å². The highest BCUT2D eigenvalue weighted by Gasteiger charge is 2.19. The third kappa shape index (κ3) is 4.00. The van der Waals surface area contributed by atoms with Gasteiger partial charge in [0.1, 0.15) is 17.7 Å². The molecule has 0 radical (unpaired) electrons. The van der Waals surface area contributed by atoms with Crippen LogP contribution in [0.3, 0.4) is 0 Å². The third-order valence-electron chi connectivity index (χ3n) is 2.21. The molecule has 1 aromatic rings. The molecule has 0 spiro atoms. The Morgan fingerprint density at radius 3 is 2.44 bits per heavy atom. The number of nitrogens with one attached hydrogen (secondary N) is 1. The summed E-state index contributed by atoms with van der Waals surface area (Å²) in [5.41, 5.74) is -0.186. The van der Waals surface area contributed by atoms with Crippen LogP contribution in [0.25, 0.3) is 0 Å². The van der Waals surface area contributed by atoms with Crippen LogP contribution in [0, 0.1) is 11.6 Å². The van der Waals surface area contributed by atoms with Gasteiger partial charge in [-0.2, -0.15) is 0 Å². The molecule has 0 aliphatic rings. The van der Waals surface area contributed by atoms with E-state index in [0.29, 0.717) is 6.07 Å². The van der Waals surface area contributed by atoms with E-state index in [1.807, 2.05) is 0 Å². The first-order valence-electron chi connectivity index (χ1n) is 5.06. The predicted octanol–water partition coefficient (Wildman–Crippen LogP) is 1.69. The summed E-state index contributed by atoms with van der Waals surface area (Å²) in [6.07, 6.45) is -0.575. The quantitative estimate of drug-likeness (QED) is 0.723. The number of hydrogen-bond acceptors (Lipinski definition) is 3. The van der Waals surface area contributed by atoms with Gasteiger partial charge in [0.05, 0.1) is 5.69 Å². The molecule has 0 fully saturated rings. The predicted molar refractivity (Wildman–Crippen MR) is 58.3 cm³/mol. The minimum absolute atomic E-state index is 0.186. The average Bonchev–Trinajstić information content (AvgIpc) is 2.26. The molecule has 98 valence electrons. The molecule has 0 saturated carbocycles. The number of carboxylic acids is 2. The molecule has 1 atom stereocenters. The molecule has 1 aromatic carbocycles. The van der Waals surface area contributed by atoms with Gasteiger partial charge in [0, 0.05) is 12.5 Å². The highest BCUT2D eigenvalue weighted by atomic mass is 19.1. The molecule has 7 heteroatoms. The van der Waals surface area contributed by atoms with Gasteiger partial charge in [-0.1, -0.05) is 0 Å². The molecule has 1 unspecified atom stereocenters. The number of rotatable bonds is 6. The lowest BCUT2D eigenvalue weighted by atomic mass is 10.1. The van der Waals surface area contributed by atoms with Gasteiger partial charge >= 0.3 is 11.9 Å². The number of halogens is 2. The Balaban J connectivity index is 2.76. The summed E-state index contributed by atoms with van der Waals surface area (Å²) in [5, 5.41) is 19.6. The normalized spacial score (nSPS) is 11.9. The Hall–Kier alpha value is -2.18. The monoisotopic (exact) mass is 259 g/mol. The van der Waals surface area contributed by atoms with Crippen molar-refractivity contribution in [2.75, 3.05) is 5.32 Å². The lowest BCUT2D eigenvalue weighted by molar-refractivity contribution is -0.139. The molecular formula is C11H11F2NO4. The average molecular weight is 259 g/mol. The summed E-state index contributed by atoms with van der Waals surface area (Å²) < 4.78 is 25.9. The van der Waals surface area contributed by atoms with Crippen molar-refractivity contribution in [3.8, 4) is 0 Å². The Morgan fingerprint density at radius 2 is 1.94 bits per heavy atom. The van der Waals surface area contributed by atoms with Crippen molar-refractivity contribution in [3.05, 3.63) is 29.8 Å². The van der Waals surface area contributed by atoms with Gasteiger partial charge in [0.2, 0.25) is 0 Å². The summed E-state index contributed by atoms with van der Waals surface area (Å²) in [7, 11) is 0. The fraction of sp³-hybridized carbons (Fsp3) is 0.273. The summed E-state index contributed by atoms with van der Waals surface area (Å²) in [5.74, 6) is -4.17. The molecule has 3 N–H and O–H groups in total. The number of carboxylic acid groups (broad SMARTS) is 2. The molecule has 18 heavy (non-hydrogen) atoms. The van der Waals surface area contributed by atoms with E-state index in [-0.39, 0.29) is 18.5 Å². The Kier molecular flexibility index (Phi) is 4.59. The molecule has 0 heterocycles. The highest BCUT2D eigenvalue weighted by molar-refractivity contribution is 5.78. The Morgan fingerprint density at radius 1 is 1.28 bits per heavy atom. The second kappa shape index (κ2) is 5.95. The van der Waals surface area contributed by atoms with Crippen LogP contribution >= 0.6 is 0 Å². The van der Waals surface area contributed by atoms with Crippen molar-refractivity contribution >= 4 is 17.6 Å². The summed E-state index contributed by atoms with van der Waals surface area (Å²) in [6, 6.07) is 1.39. The number of aliphatic carboxylic acids is 2. The fourth-order valence-electron chi connectivity index (χ4n) is 1.32. The molecular weight excluding hydrogens is 248 g/mol. The van der Waals surface area contributed by atoms with E-state index >= 15 is 0 Å². The van der Waals surface area contributed by atoms with Gasteiger partial charge in [-0.05, 0) is 18.6 Å². The van der Waals surface area contributed by atoms with Crippen LogP contribution in [0.4, 0.5) is 14.5 Å². The van der Waals surface area contributed by atoms with Crippen molar-refractivity contribution in [2.45, 2.75) is 18.9 Å². The Bertz CT molecular complexity index is 464. The van der Waals surface area contributed by atoms with Crippen LogP contribution in [0.2, 0.25) is 0 Å². The number of carbonyl (C=O) groups is 2. The number of hydrogen-bond donors (Lipinski definition) is 3. The first kappa shape index (κ1) is 13.9. The first-order valence-corrected chi connectivity index (χ1v) is 5.06. The summed E-state index contributed by atoms with van der Waals surface area (Å²) in [6.45, 7) is 0. The van der Waals surface area contributed by atoms with Gasteiger partial charge in [0.15, 0.2) is 0 Å². The lowest BCUT2D eigenvalue weighted by Gasteiger charge is -2.15. The summed E-state index contributed by atoms with van der Waals surface area (Å²) in [4.78, 5) is 21.2. The zero-order valence-corrected chi connectivity index (χ0v) is 9.19. The van der Waals surface area contributed by atoms with E-state index in [2.05, 4.69) is 5.32 Å². The zero-order chi connectivity index (χ0) is 13.7. The minimum atomic E-state index is -1.31. The van der Waals surface area contributed by atoms with Crippen LogP contribution in [0.5, 0.6) is 0 Å². The van der Waals surface area contributed by atoms with Gasteiger partial charge in [-0.25, -0.2) is 13.6 Å². The molecule has 0 saturated heterocycles. The van der Waals surface area contributed by atoms with Crippen LogP contribution in [-0.4, -0.2) is 28.2 Å². The van der Waals surface area contributed by atoms with Gasteiger partial charge in [-0.15, -0.1) is 0 Å². The van der Waals surface area contributed by atoms with E-state index in [1.165, 1.54) is 0 Å². The maximum Gasteiger partial charge on any atom is 0.326 e. The van der Waals surface area contributed by atoms with E-state index in [0.717, 1.165) is 12.1 Å². The number of anilines is 1. The second-order valence-electron chi connectivity index (χ2n) is 3.59. The van der Waals surface area contributed by atoms with E-state index in [9.17, 15) is 18.4 Å². The zero-order valence-electron chi connectivity index (χ0n) is 9.19. The second-order valence-corrected chi connectivity index (χ2v) is 3.59. The SMILES string of the molecule is O=C(O)CCC(Nc1ccc(F)cc1F)C(=O)O. The maximum atomic E-state index is 13.3. The number of benzene rings is 1. The van der Waals surface area contributed by atoms with Crippen LogP contribution < -0.4 is 5.32 Å². The van der Waals surface area contributed by atoms with Gasteiger partial charge in [-0.3, -0.25) is 4.79 Å². The molecule has 0 bridgehead atoms. The molecule has 0 aliphatic carbocycles. The molecule has 0 aromatic heterocycles. The third-order valence-corrected chi connectivity index (χ3v) is 2.21. The lowest BCUT2D eigenvalue weighted by Crippen LogP contribution is -2.30. The van der Waals surface area contributed by atoms with Crippen LogP contribution in [0.1, 0.15) is 12.8 Å². The van der Waals surface area contributed by atoms with E-state index < -0.39 is 29.6 Å². The smallest absolute Gasteiger partial charge is 0.326 e.